The van der Waals surface area contributed by atoms with E-state index in [0.717, 1.165) is 5.92 Å². The third-order valence-electron chi connectivity index (χ3n) is 4.15. The van der Waals surface area contributed by atoms with E-state index in [-0.39, 0.29) is 0 Å². The Balaban J connectivity index is 1.70. The van der Waals surface area contributed by atoms with E-state index in [9.17, 15) is 0 Å². The molecule has 3 nitrogen and oxygen atoms in total. The highest BCUT2D eigenvalue weighted by molar-refractivity contribution is 4.85. The first-order valence-corrected chi connectivity index (χ1v) is 6.74. The fourth-order valence-electron chi connectivity index (χ4n) is 3.20. The van der Waals surface area contributed by atoms with Gasteiger partial charge >= 0.3 is 0 Å². The van der Waals surface area contributed by atoms with E-state index in [0.29, 0.717) is 12.1 Å². The van der Waals surface area contributed by atoms with Crippen LogP contribution in [-0.2, 0) is 4.74 Å². The molecule has 0 amide bonds. The fourth-order valence-corrected chi connectivity index (χ4v) is 3.20. The Morgan fingerprint density at radius 3 is 2.88 bits per heavy atom. The molecule has 16 heavy (non-hydrogen) atoms. The molecule has 3 unspecified atom stereocenters. The molecular formula is C13H26N2O. The van der Waals surface area contributed by atoms with Crippen LogP contribution in [0, 0.1) is 5.92 Å². The summed E-state index contributed by atoms with van der Waals surface area (Å²) in [6.45, 7) is 3.72. The predicted molar refractivity (Wildman–Crippen MR) is 66.7 cm³/mol. The van der Waals surface area contributed by atoms with E-state index in [1.165, 1.54) is 51.7 Å². The van der Waals surface area contributed by atoms with Crippen molar-refractivity contribution in [3.05, 3.63) is 0 Å². The van der Waals surface area contributed by atoms with Gasteiger partial charge in [-0.3, -0.25) is 0 Å². The molecule has 3 atom stereocenters. The van der Waals surface area contributed by atoms with Crippen molar-refractivity contribution in [3.8, 4) is 0 Å². The van der Waals surface area contributed by atoms with Gasteiger partial charge in [0, 0.05) is 19.7 Å². The van der Waals surface area contributed by atoms with Crippen molar-refractivity contribution in [2.45, 2.75) is 44.2 Å². The molecule has 1 aliphatic carbocycles. The SMILES string of the molecule is COC1CCCC1NCC1CCCN(C)C1. The molecule has 0 aromatic heterocycles. The Morgan fingerprint density at radius 2 is 2.12 bits per heavy atom. The Kier molecular flexibility index (Phi) is 4.62. The summed E-state index contributed by atoms with van der Waals surface area (Å²) < 4.78 is 5.51. The Labute approximate surface area is 99.5 Å². The van der Waals surface area contributed by atoms with Crippen molar-refractivity contribution in [3.63, 3.8) is 0 Å². The summed E-state index contributed by atoms with van der Waals surface area (Å²) in [4.78, 5) is 2.46. The number of methoxy groups -OCH3 is 1. The monoisotopic (exact) mass is 226 g/mol. The average Bonchev–Trinajstić information content (AvgIpc) is 2.74. The molecule has 1 heterocycles. The van der Waals surface area contributed by atoms with Crippen molar-refractivity contribution in [2.75, 3.05) is 33.8 Å². The van der Waals surface area contributed by atoms with Gasteiger partial charge in [-0.05, 0) is 58.2 Å². The van der Waals surface area contributed by atoms with Gasteiger partial charge in [0.15, 0.2) is 0 Å². The summed E-state index contributed by atoms with van der Waals surface area (Å²) in [5, 5.41) is 3.72. The van der Waals surface area contributed by atoms with E-state index in [1.54, 1.807) is 0 Å². The molecule has 2 rings (SSSR count). The first-order chi connectivity index (χ1) is 7.79. The Morgan fingerprint density at radius 1 is 1.25 bits per heavy atom. The zero-order chi connectivity index (χ0) is 11.4. The normalized spacial score (nSPS) is 36.8. The van der Waals surface area contributed by atoms with Crippen LogP contribution in [0.25, 0.3) is 0 Å². The fraction of sp³-hybridized carbons (Fsp3) is 1.00. The molecule has 1 saturated carbocycles. The third kappa shape index (κ3) is 3.19. The Hall–Kier alpha value is -0.120. The van der Waals surface area contributed by atoms with Gasteiger partial charge < -0.3 is 15.0 Å². The van der Waals surface area contributed by atoms with Crippen LogP contribution in [0.1, 0.15) is 32.1 Å². The zero-order valence-corrected chi connectivity index (χ0v) is 10.7. The first kappa shape index (κ1) is 12.3. The van der Waals surface area contributed by atoms with Crippen LogP contribution >= 0.6 is 0 Å². The minimum Gasteiger partial charge on any atom is -0.380 e. The molecule has 1 saturated heterocycles. The molecular weight excluding hydrogens is 200 g/mol. The third-order valence-corrected chi connectivity index (χ3v) is 4.15. The molecule has 0 spiro atoms. The highest BCUT2D eigenvalue weighted by Crippen LogP contribution is 2.22. The van der Waals surface area contributed by atoms with E-state index in [4.69, 9.17) is 4.74 Å². The molecule has 0 aromatic carbocycles. The van der Waals surface area contributed by atoms with Crippen LogP contribution in [0.3, 0.4) is 0 Å². The molecule has 2 aliphatic rings. The maximum atomic E-state index is 5.51. The van der Waals surface area contributed by atoms with Crippen LogP contribution < -0.4 is 5.32 Å². The smallest absolute Gasteiger partial charge is 0.0724 e. The molecule has 0 bridgehead atoms. The second-order valence-electron chi connectivity index (χ2n) is 5.49. The molecule has 3 heteroatoms. The van der Waals surface area contributed by atoms with Crippen molar-refractivity contribution in [1.82, 2.24) is 10.2 Å². The van der Waals surface area contributed by atoms with Crippen LogP contribution in [0.5, 0.6) is 0 Å². The minimum atomic E-state index is 0.460. The summed E-state index contributed by atoms with van der Waals surface area (Å²) in [6, 6.07) is 0.609. The lowest BCUT2D eigenvalue weighted by Gasteiger charge is -2.31. The highest BCUT2D eigenvalue weighted by atomic mass is 16.5. The van der Waals surface area contributed by atoms with Crippen molar-refractivity contribution in [2.24, 2.45) is 5.92 Å². The minimum absolute atomic E-state index is 0.460. The zero-order valence-electron chi connectivity index (χ0n) is 10.7. The number of rotatable bonds is 4. The van der Waals surface area contributed by atoms with Crippen molar-refractivity contribution >= 4 is 0 Å². The van der Waals surface area contributed by atoms with Gasteiger partial charge in [-0.1, -0.05) is 0 Å². The van der Waals surface area contributed by atoms with Gasteiger partial charge in [-0.25, -0.2) is 0 Å². The van der Waals surface area contributed by atoms with Gasteiger partial charge in [0.25, 0.3) is 0 Å². The molecule has 2 fully saturated rings. The molecule has 0 aromatic rings. The van der Waals surface area contributed by atoms with Crippen LogP contribution in [0.15, 0.2) is 0 Å². The number of nitrogens with zero attached hydrogens (tertiary/aromatic N) is 1. The summed E-state index contributed by atoms with van der Waals surface area (Å²) >= 11 is 0. The maximum Gasteiger partial charge on any atom is 0.0724 e. The molecule has 1 N–H and O–H groups in total. The van der Waals surface area contributed by atoms with Crippen molar-refractivity contribution < 1.29 is 4.74 Å². The number of likely N-dealkylation sites (tertiary alicyclic amines) is 1. The van der Waals surface area contributed by atoms with Crippen LogP contribution in [-0.4, -0.2) is 50.8 Å². The summed E-state index contributed by atoms with van der Waals surface area (Å²) in [7, 11) is 4.08. The lowest BCUT2D eigenvalue weighted by Crippen LogP contribution is -2.43. The predicted octanol–water partition coefficient (Wildman–Crippen LogP) is 1.49. The number of piperidine rings is 1. The summed E-state index contributed by atoms with van der Waals surface area (Å²) in [5.41, 5.74) is 0. The number of hydrogen-bond acceptors (Lipinski definition) is 3. The largest absolute Gasteiger partial charge is 0.380 e. The van der Waals surface area contributed by atoms with E-state index in [1.807, 2.05) is 7.11 Å². The highest BCUT2D eigenvalue weighted by Gasteiger charge is 2.27. The standard InChI is InChI=1S/C13H26N2O/c1-15-8-4-5-11(10-15)9-14-12-6-3-7-13(12)16-2/h11-14H,3-10H2,1-2H3. The van der Waals surface area contributed by atoms with Crippen molar-refractivity contribution in [1.29, 1.82) is 0 Å². The van der Waals surface area contributed by atoms with E-state index >= 15 is 0 Å². The van der Waals surface area contributed by atoms with Gasteiger partial charge in [0.2, 0.25) is 0 Å². The molecule has 1 aliphatic heterocycles. The lowest BCUT2D eigenvalue weighted by atomic mass is 9.98. The molecule has 94 valence electrons. The van der Waals surface area contributed by atoms with Gasteiger partial charge in [-0.15, -0.1) is 0 Å². The van der Waals surface area contributed by atoms with Gasteiger partial charge in [-0.2, -0.15) is 0 Å². The van der Waals surface area contributed by atoms with Crippen LogP contribution in [0.4, 0.5) is 0 Å². The summed E-state index contributed by atoms with van der Waals surface area (Å²) in [6.07, 6.45) is 7.06. The average molecular weight is 226 g/mol. The summed E-state index contributed by atoms with van der Waals surface area (Å²) in [5.74, 6) is 0.844. The number of nitrogens with one attached hydrogen (secondary N) is 1. The van der Waals surface area contributed by atoms with Gasteiger partial charge in [0.05, 0.1) is 6.10 Å². The van der Waals surface area contributed by atoms with Gasteiger partial charge in [0.1, 0.15) is 0 Å². The first-order valence-electron chi connectivity index (χ1n) is 6.74. The Bertz CT molecular complexity index is 210. The second kappa shape index (κ2) is 5.99. The van der Waals surface area contributed by atoms with E-state index in [2.05, 4.69) is 17.3 Å². The topological polar surface area (TPSA) is 24.5 Å². The molecule has 0 radical (unpaired) electrons. The lowest BCUT2D eigenvalue weighted by molar-refractivity contribution is 0.0817. The van der Waals surface area contributed by atoms with Crippen LogP contribution in [0.2, 0.25) is 0 Å². The quantitative estimate of drug-likeness (QED) is 0.786. The number of ether oxygens (including phenoxy) is 1. The second-order valence-corrected chi connectivity index (χ2v) is 5.49. The number of hydrogen-bond donors (Lipinski definition) is 1. The maximum absolute atomic E-state index is 5.51. The van der Waals surface area contributed by atoms with E-state index < -0.39 is 0 Å².